The molecule has 0 bridgehead atoms. The molecule has 1 fully saturated rings. The van der Waals surface area contributed by atoms with E-state index in [4.69, 9.17) is 4.74 Å². The van der Waals surface area contributed by atoms with Gasteiger partial charge in [0.15, 0.2) is 0 Å². The Morgan fingerprint density at radius 3 is 2.48 bits per heavy atom. The topological polar surface area (TPSA) is 79.7 Å². The van der Waals surface area contributed by atoms with E-state index in [2.05, 4.69) is 22.9 Å². The summed E-state index contributed by atoms with van der Waals surface area (Å²) in [6, 6.07) is 13.2. The van der Waals surface area contributed by atoms with Crippen LogP contribution in [0, 0.1) is 12.8 Å². The van der Waals surface area contributed by atoms with Crippen LogP contribution in [0.15, 0.2) is 59.8 Å². The van der Waals surface area contributed by atoms with Gasteiger partial charge in [0.1, 0.15) is 18.5 Å². The number of terminal acetylenes is 1. The van der Waals surface area contributed by atoms with E-state index >= 15 is 0 Å². The largest absolute Gasteiger partial charge is 0.445 e. The summed E-state index contributed by atoms with van der Waals surface area (Å²) in [5.41, 5.74) is 1.49. The number of aromatic nitrogens is 3. The fourth-order valence-corrected chi connectivity index (χ4v) is 2.59. The van der Waals surface area contributed by atoms with Crippen LogP contribution < -0.4 is 5.56 Å². The van der Waals surface area contributed by atoms with Crippen LogP contribution in [0.1, 0.15) is 18.4 Å². The molecule has 3 aromatic rings. The molecule has 4 rings (SSSR count). The molecule has 7 heteroatoms. The van der Waals surface area contributed by atoms with Crippen molar-refractivity contribution in [3.8, 4) is 12.8 Å². The quantitative estimate of drug-likeness (QED) is 0.707. The standard InChI is InChI=1S/C12H15NO2.C6H5N3O.C2H2/c14-12(13-8-4-5-9-13)15-10-11-6-2-1-3-7-11;10-6-5-2-1-3-9(5)8-4-7-6;1-2/h1-3,6-7H,4-5,8-10H2;1-4H,(H,7,8,10);1-2H. The van der Waals surface area contributed by atoms with Gasteiger partial charge in [0.2, 0.25) is 0 Å². The fourth-order valence-electron chi connectivity index (χ4n) is 2.59. The monoisotopic (exact) mass is 366 g/mol. The molecule has 1 aliphatic heterocycles. The molecule has 140 valence electrons. The van der Waals surface area contributed by atoms with Gasteiger partial charge < -0.3 is 14.6 Å². The first kappa shape index (κ1) is 19.8. The number of benzene rings is 1. The first-order valence-electron chi connectivity index (χ1n) is 8.54. The summed E-state index contributed by atoms with van der Waals surface area (Å²) in [7, 11) is 0. The Morgan fingerprint density at radius 1 is 1.11 bits per heavy atom. The van der Waals surface area contributed by atoms with Crippen LogP contribution in [-0.2, 0) is 11.3 Å². The molecule has 2 aromatic heterocycles. The van der Waals surface area contributed by atoms with Crippen LogP contribution in [-0.4, -0.2) is 38.7 Å². The number of amides is 1. The zero-order valence-corrected chi connectivity index (χ0v) is 15.0. The van der Waals surface area contributed by atoms with Gasteiger partial charge in [-0.2, -0.15) is 5.10 Å². The Hall–Kier alpha value is -3.53. The third-order valence-corrected chi connectivity index (χ3v) is 3.91. The maximum atomic E-state index is 11.5. The van der Waals surface area contributed by atoms with Crippen LogP contribution in [0.3, 0.4) is 0 Å². The summed E-state index contributed by atoms with van der Waals surface area (Å²) < 4.78 is 6.73. The van der Waals surface area contributed by atoms with Crippen molar-refractivity contribution >= 4 is 11.6 Å². The summed E-state index contributed by atoms with van der Waals surface area (Å²) in [4.78, 5) is 26.7. The molecular formula is C20H22N4O3. The predicted molar refractivity (Wildman–Crippen MR) is 103 cm³/mol. The average molecular weight is 366 g/mol. The fraction of sp³-hybridized carbons (Fsp3) is 0.250. The molecule has 1 aliphatic rings. The minimum atomic E-state index is -0.184. The van der Waals surface area contributed by atoms with Gasteiger partial charge in [0, 0.05) is 19.3 Å². The molecule has 0 atom stereocenters. The predicted octanol–water partition coefficient (Wildman–Crippen LogP) is 2.69. The van der Waals surface area contributed by atoms with E-state index in [1.807, 2.05) is 30.3 Å². The number of likely N-dealkylation sites (tertiary alicyclic amines) is 1. The Kier molecular flexibility index (Phi) is 7.67. The van der Waals surface area contributed by atoms with Gasteiger partial charge in [0.25, 0.3) is 5.56 Å². The van der Waals surface area contributed by atoms with Gasteiger partial charge in [-0.15, -0.1) is 12.8 Å². The first-order chi connectivity index (χ1) is 13.2. The number of carbonyl (C=O) groups is 1. The van der Waals surface area contributed by atoms with Gasteiger partial charge in [-0.3, -0.25) is 4.79 Å². The lowest BCUT2D eigenvalue weighted by Crippen LogP contribution is -2.28. The number of rotatable bonds is 2. The van der Waals surface area contributed by atoms with E-state index in [1.54, 1.807) is 23.2 Å². The van der Waals surface area contributed by atoms with Crippen molar-refractivity contribution in [2.24, 2.45) is 0 Å². The molecule has 1 saturated heterocycles. The minimum absolute atomic E-state index is 0.111. The summed E-state index contributed by atoms with van der Waals surface area (Å²) in [5, 5.41) is 3.86. The van der Waals surface area contributed by atoms with Gasteiger partial charge in [-0.25, -0.2) is 9.31 Å². The van der Waals surface area contributed by atoms with Crippen molar-refractivity contribution < 1.29 is 9.53 Å². The molecule has 1 aromatic carbocycles. The second kappa shape index (κ2) is 10.5. The molecule has 0 unspecified atom stereocenters. The van der Waals surface area contributed by atoms with E-state index in [1.165, 1.54) is 10.8 Å². The number of hydrogen-bond donors (Lipinski definition) is 1. The highest BCUT2D eigenvalue weighted by Crippen LogP contribution is 2.10. The zero-order chi connectivity index (χ0) is 19.5. The SMILES string of the molecule is C#C.O=C(OCc1ccccc1)N1CCCC1.O=c1[nH]cnn2cccc12. The van der Waals surface area contributed by atoms with Crippen molar-refractivity contribution in [2.75, 3.05) is 13.1 Å². The Labute approximate surface area is 157 Å². The molecule has 0 aliphatic carbocycles. The number of aromatic amines is 1. The number of hydrogen-bond acceptors (Lipinski definition) is 4. The van der Waals surface area contributed by atoms with Crippen molar-refractivity contribution in [1.29, 1.82) is 0 Å². The number of nitrogens with one attached hydrogen (secondary N) is 1. The summed E-state index contributed by atoms with van der Waals surface area (Å²) in [5.74, 6) is 0. The third kappa shape index (κ3) is 5.75. The Morgan fingerprint density at radius 2 is 1.81 bits per heavy atom. The normalized spacial score (nSPS) is 12.4. The maximum Gasteiger partial charge on any atom is 0.410 e. The number of carbonyl (C=O) groups excluding carboxylic acids is 1. The average Bonchev–Trinajstić information content (AvgIpc) is 3.42. The lowest BCUT2D eigenvalue weighted by Gasteiger charge is -2.14. The van der Waals surface area contributed by atoms with Gasteiger partial charge in [-0.05, 0) is 30.5 Å². The van der Waals surface area contributed by atoms with Crippen molar-refractivity contribution in [1.82, 2.24) is 19.5 Å². The van der Waals surface area contributed by atoms with E-state index < -0.39 is 0 Å². The van der Waals surface area contributed by atoms with Crippen molar-refractivity contribution in [3.05, 3.63) is 70.9 Å². The van der Waals surface area contributed by atoms with Crippen molar-refractivity contribution in [3.63, 3.8) is 0 Å². The molecule has 0 spiro atoms. The Bertz CT molecular complexity index is 909. The molecule has 3 heterocycles. The first-order valence-corrected chi connectivity index (χ1v) is 8.54. The smallest absolute Gasteiger partial charge is 0.410 e. The molecule has 0 saturated carbocycles. The van der Waals surface area contributed by atoms with Gasteiger partial charge in [-0.1, -0.05) is 30.3 Å². The summed E-state index contributed by atoms with van der Waals surface area (Å²) >= 11 is 0. The van der Waals surface area contributed by atoms with Crippen LogP contribution in [0.5, 0.6) is 0 Å². The van der Waals surface area contributed by atoms with Crippen LogP contribution in [0.2, 0.25) is 0 Å². The second-order valence-corrected chi connectivity index (χ2v) is 5.69. The molecule has 27 heavy (non-hydrogen) atoms. The van der Waals surface area contributed by atoms with Crippen molar-refractivity contribution in [2.45, 2.75) is 19.4 Å². The summed E-state index contributed by atoms with van der Waals surface area (Å²) in [6.07, 6.45) is 13.1. The highest BCUT2D eigenvalue weighted by molar-refractivity contribution is 5.67. The Balaban J connectivity index is 0.000000189. The van der Waals surface area contributed by atoms with Crippen LogP contribution >= 0.6 is 0 Å². The lowest BCUT2D eigenvalue weighted by molar-refractivity contribution is 0.104. The minimum Gasteiger partial charge on any atom is -0.445 e. The van der Waals surface area contributed by atoms with Crippen LogP contribution in [0.25, 0.3) is 5.52 Å². The number of fused-ring (bicyclic) bond motifs is 1. The lowest BCUT2D eigenvalue weighted by atomic mass is 10.2. The molecule has 0 radical (unpaired) electrons. The van der Waals surface area contributed by atoms with Crippen LogP contribution in [0.4, 0.5) is 4.79 Å². The van der Waals surface area contributed by atoms with E-state index in [9.17, 15) is 9.59 Å². The molecule has 7 nitrogen and oxygen atoms in total. The van der Waals surface area contributed by atoms with Gasteiger partial charge >= 0.3 is 6.09 Å². The molecule has 1 amide bonds. The highest BCUT2D eigenvalue weighted by Gasteiger charge is 2.18. The van der Waals surface area contributed by atoms with E-state index in [0.717, 1.165) is 31.5 Å². The molecular weight excluding hydrogens is 344 g/mol. The molecule has 1 N–H and O–H groups in total. The number of H-pyrrole nitrogens is 1. The van der Waals surface area contributed by atoms with E-state index in [0.29, 0.717) is 12.1 Å². The van der Waals surface area contributed by atoms with E-state index in [-0.39, 0.29) is 11.7 Å². The third-order valence-electron chi connectivity index (χ3n) is 3.91. The number of nitrogens with zero attached hydrogens (tertiary/aromatic N) is 3. The maximum absolute atomic E-state index is 11.5. The summed E-state index contributed by atoms with van der Waals surface area (Å²) in [6.45, 7) is 2.05. The number of ether oxygens (including phenoxy) is 1. The second-order valence-electron chi connectivity index (χ2n) is 5.69. The zero-order valence-electron chi connectivity index (χ0n) is 15.0. The van der Waals surface area contributed by atoms with Gasteiger partial charge in [0.05, 0.1) is 0 Å². The highest BCUT2D eigenvalue weighted by atomic mass is 16.6.